The van der Waals surface area contributed by atoms with E-state index >= 15 is 0 Å². The molecule has 3 unspecified atom stereocenters. The van der Waals surface area contributed by atoms with E-state index in [-0.39, 0.29) is 29.9 Å². The molecule has 1 aromatic carbocycles. The Kier molecular flexibility index (Phi) is 4.91. The number of carbonyl (C=O) groups excluding carboxylic acids is 2. The highest BCUT2D eigenvalue weighted by Gasteiger charge is 2.44. The summed E-state index contributed by atoms with van der Waals surface area (Å²) in [5, 5.41) is 3.95. The highest BCUT2D eigenvalue weighted by molar-refractivity contribution is 6.00. The van der Waals surface area contributed by atoms with Gasteiger partial charge in [0.1, 0.15) is 6.04 Å². The summed E-state index contributed by atoms with van der Waals surface area (Å²) in [4.78, 5) is 33.3. The van der Waals surface area contributed by atoms with Gasteiger partial charge in [0.15, 0.2) is 0 Å². The van der Waals surface area contributed by atoms with Crippen LogP contribution in [-0.2, 0) is 4.79 Å². The number of fused-ring (bicyclic) bond motifs is 2. The molecule has 3 amide bonds. The first-order valence-corrected chi connectivity index (χ1v) is 9.58. The summed E-state index contributed by atoms with van der Waals surface area (Å²) in [5.74, 6) is 0.0731. The average Bonchev–Trinajstić information content (AvgIpc) is 3.10. The Hall–Kier alpha value is -2.71. The fourth-order valence-corrected chi connectivity index (χ4v) is 4.07. The molecule has 4 rings (SSSR count). The molecule has 2 fully saturated rings. The number of likely N-dealkylation sites (N-methyl/N-ethyl adjacent to an activating group) is 1. The number of anilines is 1. The number of pyridine rings is 1. The molecule has 2 aliphatic rings. The quantitative estimate of drug-likeness (QED) is 0.729. The number of piperidine rings is 1. The number of likely N-dealkylation sites (tertiary alicyclic amines) is 1. The Morgan fingerprint density at radius 1 is 1.21 bits per heavy atom. The van der Waals surface area contributed by atoms with Gasteiger partial charge in [-0.15, -0.1) is 0 Å². The summed E-state index contributed by atoms with van der Waals surface area (Å²) in [6, 6.07) is 9.38. The average molecular weight is 382 g/mol. The summed E-state index contributed by atoms with van der Waals surface area (Å²) in [5.41, 5.74) is 8.88. The van der Waals surface area contributed by atoms with Gasteiger partial charge in [0, 0.05) is 50.2 Å². The van der Waals surface area contributed by atoms with Crippen molar-refractivity contribution in [3.05, 3.63) is 36.0 Å². The molecule has 2 aromatic rings. The Bertz CT molecular complexity index is 915. The third kappa shape index (κ3) is 3.41. The van der Waals surface area contributed by atoms with Crippen molar-refractivity contribution in [3.63, 3.8) is 0 Å². The maximum atomic E-state index is 12.9. The number of nitrogens with zero attached hydrogens (tertiary/aromatic N) is 3. The maximum Gasteiger partial charge on any atom is 0.321 e. The van der Waals surface area contributed by atoms with Gasteiger partial charge in [-0.3, -0.25) is 15.2 Å². The molecule has 3 heterocycles. The van der Waals surface area contributed by atoms with Gasteiger partial charge in [0.05, 0.1) is 11.2 Å². The molecular weight excluding hydrogens is 356 g/mol. The van der Waals surface area contributed by atoms with Crippen molar-refractivity contribution in [2.45, 2.75) is 25.4 Å². The van der Waals surface area contributed by atoms with Gasteiger partial charge in [-0.1, -0.05) is 6.07 Å². The lowest BCUT2D eigenvalue weighted by Gasteiger charge is -2.36. The number of urea groups is 1. The van der Waals surface area contributed by atoms with Crippen molar-refractivity contribution < 1.29 is 9.59 Å². The maximum absolute atomic E-state index is 12.9. The van der Waals surface area contributed by atoms with E-state index in [1.54, 1.807) is 23.9 Å². The summed E-state index contributed by atoms with van der Waals surface area (Å²) in [6.07, 6.45) is 0.804. The zero-order valence-corrected chi connectivity index (χ0v) is 16.4. The van der Waals surface area contributed by atoms with Crippen LogP contribution in [-0.4, -0.2) is 66.0 Å². The van der Waals surface area contributed by atoms with Crippen molar-refractivity contribution in [1.82, 2.24) is 25.6 Å². The lowest BCUT2D eigenvalue weighted by molar-refractivity contribution is -0.131. The van der Waals surface area contributed by atoms with Crippen LogP contribution in [0, 0.1) is 12.8 Å². The minimum Gasteiger partial charge on any atom is -0.347 e. The van der Waals surface area contributed by atoms with Crippen LogP contribution in [0.4, 0.5) is 10.5 Å². The highest BCUT2D eigenvalue weighted by atomic mass is 16.2. The molecule has 0 radical (unpaired) electrons. The standard InChI is InChI=1S/C20H26N6O2/c1-12-7-8-13-15(21-12)5-4-6-16(13)22-20(28)26-10-9-17-14(11-26)18(24-23-17)19(27)25(2)3/h4-8,14,17-18,23-24H,9-11H2,1-3H3,(H,22,28). The predicted molar refractivity (Wildman–Crippen MR) is 108 cm³/mol. The van der Waals surface area contributed by atoms with Crippen LogP contribution in [0.2, 0.25) is 0 Å². The largest absolute Gasteiger partial charge is 0.347 e. The molecule has 0 spiro atoms. The number of aromatic nitrogens is 1. The fourth-order valence-electron chi connectivity index (χ4n) is 4.07. The van der Waals surface area contributed by atoms with Gasteiger partial charge in [0.2, 0.25) is 5.91 Å². The van der Waals surface area contributed by atoms with Crippen molar-refractivity contribution >= 4 is 28.5 Å². The number of carbonyl (C=O) groups is 2. The molecule has 2 aliphatic heterocycles. The molecule has 3 N–H and O–H groups in total. The van der Waals surface area contributed by atoms with Crippen LogP contribution in [0.25, 0.3) is 10.9 Å². The summed E-state index contributed by atoms with van der Waals surface area (Å²) in [7, 11) is 3.50. The van der Waals surface area contributed by atoms with Crippen LogP contribution in [0.3, 0.4) is 0 Å². The number of amides is 3. The molecule has 0 saturated carbocycles. The predicted octanol–water partition coefficient (Wildman–Crippen LogP) is 1.33. The third-order valence-corrected chi connectivity index (χ3v) is 5.62. The zero-order chi connectivity index (χ0) is 19.8. The van der Waals surface area contributed by atoms with E-state index in [1.165, 1.54) is 0 Å². The minimum absolute atomic E-state index is 0.0257. The number of hydrogen-bond donors (Lipinski definition) is 3. The highest BCUT2D eigenvalue weighted by Crippen LogP contribution is 2.27. The Balaban J connectivity index is 1.49. The number of hydrogen-bond acceptors (Lipinski definition) is 5. The van der Waals surface area contributed by atoms with Crippen molar-refractivity contribution in [2.75, 3.05) is 32.5 Å². The molecule has 2 saturated heterocycles. The Morgan fingerprint density at radius 2 is 2.04 bits per heavy atom. The molecule has 3 atom stereocenters. The van der Waals surface area contributed by atoms with Crippen molar-refractivity contribution in [2.24, 2.45) is 5.92 Å². The van der Waals surface area contributed by atoms with Crippen molar-refractivity contribution in [3.8, 4) is 0 Å². The van der Waals surface area contributed by atoms with Crippen LogP contribution >= 0.6 is 0 Å². The van der Waals surface area contributed by atoms with Gasteiger partial charge in [-0.05, 0) is 37.6 Å². The molecule has 8 nitrogen and oxygen atoms in total. The minimum atomic E-state index is -0.319. The third-order valence-electron chi connectivity index (χ3n) is 5.62. The van der Waals surface area contributed by atoms with Crippen LogP contribution in [0.5, 0.6) is 0 Å². The van der Waals surface area contributed by atoms with Gasteiger partial charge in [-0.25, -0.2) is 10.2 Å². The first kappa shape index (κ1) is 18.6. The molecule has 8 heteroatoms. The lowest BCUT2D eigenvalue weighted by atomic mass is 9.88. The summed E-state index contributed by atoms with van der Waals surface area (Å²) < 4.78 is 0. The van der Waals surface area contributed by atoms with Crippen LogP contribution < -0.4 is 16.2 Å². The van der Waals surface area contributed by atoms with Crippen molar-refractivity contribution in [1.29, 1.82) is 0 Å². The topological polar surface area (TPSA) is 89.6 Å². The lowest BCUT2D eigenvalue weighted by Crippen LogP contribution is -2.52. The number of benzene rings is 1. The van der Waals surface area contributed by atoms with E-state index in [9.17, 15) is 9.59 Å². The van der Waals surface area contributed by atoms with Gasteiger partial charge >= 0.3 is 6.03 Å². The van der Waals surface area contributed by atoms with E-state index in [1.807, 2.05) is 37.3 Å². The second kappa shape index (κ2) is 7.37. The monoisotopic (exact) mass is 382 g/mol. The number of aryl methyl sites for hydroxylation is 1. The normalized spacial score (nSPS) is 24.1. The zero-order valence-electron chi connectivity index (χ0n) is 16.4. The molecule has 148 valence electrons. The second-order valence-corrected chi connectivity index (χ2v) is 7.76. The van der Waals surface area contributed by atoms with E-state index < -0.39 is 0 Å². The number of hydrazine groups is 1. The van der Waals surface area contributed by atoms with E-state index in [4.69, 9.17) is 0 Å². The molecule has 0 aliphatic carbocycles. The van der Waals surface area contributed by atoms with E-state index in [2.05, 4.69) is 21.2 Å². The number of nitrogens with one attached hydrogen (secondary N) is 3. The Labute approximate surface area is 164 Å². The van der Waals surface area contributed by atoms with E-state index in [0.29, 0.717) is 13.1 Å². The van der Waals surface area contributed by atoms with Crippen LogP contribution in [0.1, 0.15) is 12.1 Å². The second-order valence-electron chi connectivity index (χ2n) is 7.76. The van der Waals surface area contributed by atoms with Gasteiger partial charge in [-0.2, -0.15) is 0 Å². The molecular formula is C20H26N6O2. The van der Waals surface area contributed by atoms with Gasteiger partial charge in [0.25, 0.3) is 0 Å². The SMILES string of the molecule is Cc1ccc2c(NC(=O)N3CCC4NNC(C(=O)N(C)C)C4C3)cccc2n1. The molecule has 28 heavy (non-hydrogen) atoms. The summed E-state index contributed by atoms with van der Waals surface area (Å²) in [6.45, 7) is 3.12. The van der Waals surface area contributed by atoms with Crippen LogP contribution in [0.15, 0.2) is 30.3 Å². The smallest absolute Gasteiger partial charge is 0.321 e. The molecule has 0 bridgehead atoms. The van der Waals surface area contributed by atoms with E-state index in [0.717, 1.165) is 28.7 Å². The molecule has 1 aromatic heterocycles. The Morgan fingerprint density at radius 3 is 2.82 bits per heavy atom. The number of rotatable bonds is 2. The first-order chi connectivity index (χ1) is 13.4. The van der Waals surface area contributed by atoms with Gasteiger partial charge < -0.3 is 15.1 Å². The first-order valence-electron chi connectivity index (χ1n) is 9.58. The summed E-state index contributed by atoms with van der Waals surface area (Å²) >= 11 is 0. The fraction of sp³-hybridized carbons (Fsp3) is 0.450.